The van der Waals surface area contributed by atoms with Crippen molar-refractivity contribution < 1.29 is 4.39 Å². The van der Waals surface area contributed by atoms with E-state index in [1.807, 2.05) is 6.07 Å². The summed E-state index contributed by atoms with van der Waals surface area (Å²) < 4.78 is 13.2. The molecule has 0 unspecified atom stereocenters. The predicted octanol–water partition coefficient (Wildman–Crippen LogP) is 3.02. The molecule has 0 radical (unpaired) electrons. The maximum absolute atomic E-state index is 13.2. The average molecular weight is 227 g/mol. The number of nitriles is 1. The third kappa shape index (κ3) is 2.34. The van der Waals surface area contributed by atoms with E-state index in [9.17, 15) is 4.39 Å². The van der Waals surface area contributed by atoms with E-state index in [1.165, 1.54) is 6.07 Å². The first-order valence-corrected chi connectivity index (χ1v) is 5.02. The van der Waals surface area contributed by atoms with E-state index >= 15 is 0 Å². The van der Waals surface area contributed by atoms with Crippen molar-refractivity contribution in [3.8, 4) is 6.07 Å². The second-order valence-corrected chi connectivity index (χ2v) is 3.52. The monoisotopic (exact) mass is 227 g/mol. The van der Waals surface area contributed by atoms with Crippen molar-refractivity contribution >= 4 is 17.1 Å². The van der Waals surface area contributed by atoms with Gasteiger partial charge in [-0.25, -0.2) is 4.39 Å². The van der Waals surface area contributed by atoms with Gasteiger partial charge in [0.15, 0.2) is 0 Å². The number of benzene rings is 2. The van der Waals surface area contributed by atoms with Crippen LogP contribution in [0.15, 0.2) is 42.5 Å². The molecule has 0 atom stereocenters. The summed E-state index contributed by atoms with van der Waals surface area (Å²) in [7, 11) is 0. The summed E-state index contributed by atoms with van der Waals surface area (Å²) in [5.41, 5.74) is 7.51. The lowest BCUT2D eigenvalue weighted by Gasteiger charge is -2.09. The summed E-state index contributed by atoms with van der Waals surface area (Å²) in [4.78, 5) is 0. The molecule has 0 aliphatic heterocycles. The molecule has 2 aromatic rings. The van der Waals surface area contributed by atoms with Gasteiger partial charge >= 0.3 is 0 Å². The number of nitrogens with two attached hydrogens (primary N) is 1. The molecule has 2 aromatic carbocycles. The van der Waals surface area contributed by atoms with Crippen molar-refractivity contribution in [2.75, 3.05) is 11.1 Å². The zero-order valence-corrected chi connectivity index (χ0v) is 8.94. The number of rotatable bonds is 2. The van der Waals surface area contributed by atoms with Crippen molar-refractivity contribution in [2.24, 2.45) is 0 Å². The van der Waals surface area contributed by atoms with Gasteiger partial charge in [-0.3, -0.25) is 0 Å². The van der Waals surface area contributed by atoms with E-state index in [0.717, 1.165) is 5.69 Å². The van der Waals surface area contributed by atoms with Crippen molar-refractivity contribution in [3.05, 3.63) is 53.8 Å². The minimum Gasteiger partial charge on any atom is -0.395 e. The van der Waals surface area contributed by atoms with Crippen LogP contribution in [0.2, 0.25) is 0 Å². The summed E-state index contributed by atoms with van der Waals surface area (Å²) in [5, 5.41) is 11.6. The molecule has 0 fully saturated rings. The van der Waals surface area contributed by atoms with Crippen molar-refractivity contribution in [1.82, 2.24) is 0 Å². The quantitative estimate of drug-likeness (QED) is 0.775. The van der Waals surface area contributed by atoms with E-state index in [0.29, 0.717) is 11.3 Å². The van der Waals surface area contributed by atoms with Crippen LogP contribution in [0.25, 0.3) is 0 Å². The van der Waals surface area contributed by atoms with E-state index in [2.05, 4.69) is 5.32 Å². The van der Waals surface area contributed by atoms with Gasteiger partial charge in [0.05, 0.1) is 23.0 Å². The highest BCUT2D eigenvalue weighted by atomic mass is 19.1. The topological polar surface area (TPSA) is 61.8 Å². The zero-order valence-electron chi connectivity index (χ0n) is 8.94. The molecule has 0 saturated carbocycles. The second-order valence-electron chi connectivity index (χ2n) is 3.52. The highest BCUT2D eigenvalue weighted by Crippen LogP contribution is 2.25. The first-order valence-electron chi connectivity index (χ1n) is 5.02. The number of nitrogens with one attached hydrogen (secondary N) is 1. The van der Waals surface area contributed by atoms with Crippen LogP contribution in [0.5, 0.6) is 0 Å². The number of nitrogen functional groups attached to an aromatic ring is 1. The van der Waals surface area contributed by atoms with Crippen LogP contribution in [0.3, 0.4) is 0 Å². The fourth-order valence-corrected chi connectivity index (χ4v) is 1.43. The van der Waals surface area contributed by atoms with Crippen LogP contribution in [-0.2, 0) is 0 Å². The first kappa shape index (κ1) is 11.0. The molecule has 0 aliphatic rings. The van der Waals surface area contributed by atoms with Gasteiger partial charge in [-0.2, -0.15) is 5.26 Å². The van der Waals surface area contributed by atoms with Crippen LogP contribution < -0.4 is 11.1 Å². The Kier molecular flexibility index (Phi) is 2.93. The molecule has 0 aromatic heterocycles. The van der Waals surface area contributed by atoms with Crippen LogP contribution in [-0.4, -0.2) is 0 Å². The lowest BCUT2D eigenvalue weighted by atomic mass is 10.2. The summed E-state index contributed by atoms with van der Waals surface area (Å²) in [6.07, 6.45) is 0. The number of para-hydroxylation sites is 1. The normalized spacial score (nSPS) is 9.65. The molecule has 0 saturated heterocycles. The Morgan fingerprint density at radius 1 is 1.12 bits per heavy atom. The Hall–Kier alpha value is -2.54. The third-order valence-electron chi connectivity index (χ3n) is 2.35. The largest absolute Gasteiger partial charge is 0.395 e. The van der Waals surface area contributed by atoms with E-state index in [-0.39, 0.29) is 5.69 Å². The van der Waals surface area contributed by atoms with E-state index in [1.54, 1.807) is 36.4 Å². The zero-order chi connectivity index (χ0) is 12.3. The lowest BCUT2D eigenvalue weighted by Crippen LogP contribution is -1.98. The average Bonchev–Trinajstić information content (AvgIpc) is 2.36. The smallest absolute Gasteiger partial charge is 0.148 e. The number of hydrogen-bond acceptors (Lipinski definition) is 3. The fourth-order valence-electron chi connectivity index (χ4n) is 1.43. The lowest BCUT2D eigenvalue weighted by molar-refractivity contribution is 0.633. The Labute approximate surface area is 98.3 Å². The van der Waals surface area contributed by atoms with Crippen LogP contribution in [0, 0.1) is 17.1 Å². The molecular weight excluding hydrogens is 217 g/mol. The maximum atomic E-state index is 13.2. The fraction of sp³-hybridized carbons (Fsp3) is 0. The Bertz CT molecular complexity index is 570. The minimum absolute atomic E-state index is 0.0804. The molecule has 3 nitrogen and oxygen atoms in total. The second kappa shape index (κ2) is 4.54. The summed E-state index contributed by atoms with van der Waals surface area (Å²) >= 11 is 0. The first-order chi connectivity index (χ1) is 8.20. The molecule has 0 aliphatic carbocycles. The van der Waals surface area contributed by atoms with Crippen LogP contribution >= 0.6 is 0 Å². The van der Waals surface area contributed by atoms with Crippen molar-refractivity contribution in [2.45, 2.75) is 0 Å². The predicted molar refractivity (Wildman–Crippen MR) is 65.3 cm³/mol. The van der Waals surface area contributed by atoms with Gasteiger partial charge in [-0.1, -0.05) is 6.07 Å². The highest BCUT2D eigenvalue weighted by Gasteiger charge is 2.04. The molecule has 2 rings (SSSR count). The van der Waals surface area contributed by atoms with Crippen molar-refractivity contribution in [1.29, 1.82) is 5.26 Å². The Morgan fingerprint density at radius 2 is 1.82 bits per heavy atom. The summed E-state index contributed by atoms with van der Waals surface area (Å²) in [6, 6.07) is 13.4. The molecule has 0 amide bonds. The Balaban J connectivity index is 2.26. The van der Waals surface area contributed by atoms with Gasteiger partial charge in [0.1, 0.15) is 5.82 Å². The van der Waals surface area contributed by atoms with Crippen LogP contribution in [0.1, 0.15) is 5.56 Å². The standard InChI is InChI=1S/C13H10FN3/c14-11-2-1-3-12(13(11)16)17-10-6-4-9(8-15)5-7-10/h1-7,17H,16H2. The SMILES string of the molecule is N#Cc1ccc(Nc2cccc(F)c2N)cc1. The number of hydrogen-bond donors (Lipinski definition) is 2. The van der Waals surface area contributed by atoms with Gasteiger partial charge in [0.2, 0.25) is 0 Å². The molecule has 0 heterocycles. The molecular formula is C13H10FN3. The van der Waals surface area contributed by atoms with Gasteiger partial charge in [-0.15, -0.1) is 0 Å². The molecule has 0 spiro atoms. The van der Waals surface area contributed by atoms with Gasteiger partial charge in [0, 0.05) is 5.69 Å². The summed E-state index contributed by atoms with van der Waals surface area (Å²) in [5.74, 6) is -0.455. The molecule has 84 valence electrons. The van der Waals surface area contributed by atoms with Crippen molar-refractivity contribution in [3.63, 3.8) is 0 Å². The highest BCUT2D eigenvalue weighted by molar-refractivity contribution is 5.72. The molecule has 0 bridgehead atoms. The number of nitrogens with zero attached hydrogens (tertiary/aromatic N) is 1. The molecule has 3 N–H and O–H groups in total. The van der Waals surface area contributed by atoms with Gasteiger partial charge in [0.25, 0.3) is 0 Å². The molecule has 4 heteroatoms. The van der Waals surface area contributed by atoms with Gasteiger partial charge in [-0.05, 0) is 36.4 Å². The van der Waals surface area contributed by atoms with E-state index < -0.39 is 5.82 Å². The maximum Gasteiger partial charge on any atom is 0.148 e. The summed E-state index contributed by atoms with van der Waals surface area (Å²) in [6.45, 7) is 0. The molecule has 17 heavy (non-hydrogen) atoms. The van der Waals surface area contributed by atoms with Gasteiger partial charge < -0.3 is 11.1 Å². The van der Waals surface area contributed by atoms with Crippen LogP contribution in [0.4, 0.5) is 21.5 Å². The third-order valence-corrected chi connectivity index (χ3v) is 2.35. The Morgan fingerprint density at radius 3 is 2.47 bits per heavy atom. The number of halogens is 1. The minimum atomic E-state index is -0.455. The van der Waals surface area contributed by atoms with E-state index in [4.69, 9.17) is 11.0 Å². The number of anilines is 3.